The van der Waals surface area contributed by atoms with Gasteiger partial charge in [-0.2, -0.15) is 0 Å². The van der Waals surface area contributed by atoms with Gasteiger partial charge in [-0.15, -0.1) is 0 Å². The molecule has 0 spiro atoms. The lowest BCUT2D eigenvalue weighted by Gasteiger charge is -2.32. The highest BCUT2D eigenvalue weighted by Gasteiger charge is 2.28. The highest BCUT2D eigenvalue weighted by atomic mass is 79.9. The fourth-order valence-electron chi connectivity index (χ4n) is 2.63. The molecule has 1 fully saturated rings. The summed E-state index contributed by atoms with van der Waals surface area (Å²) in [4.78, 5) is 37.9. The molecule has 1 aliphatic rings. The van der Waals surface area contributed by atoms with E-state index in [4.69, 9.17) is 5.73 Å². The molecule has 2 amide bonds. The van der Waals surface area contributed by atoms with Crippen LogP contribution < -0.4 is 16.6 Å². The van der Waals surface area contributed by atoms with Gasteiger partial charge in [0.1, 0.15) is 6.54 Å². The first kappa shape index (κ1) is 17.7. The molecule has 7 nitrogen and oxygen atoms in total. The van der Waals surface area contributed by atoms with Crippen molar-refractivity contribution in [2.75, 3.05) is 26.2 Å². The quantitative estimate of drug-likeness (QED) is 0.741. The van der Waals surface area contributed by atoms with Gasteiger partial charge in [0, 0.05) is 42.9 Å². The predicted molar refractivity (Wildman–Crippen MR) is 89.8 cm³/mol. The Balaban J connectivity index is 1.97. The molecule has 1 aromatic heterocycles. The van der Waals surface area contributed by atoms with Crippen molar-refractivity contribution in [1.82, 2.24) is 14.8 Å². The number of hydrogen-bond donors (Lipinski definition) is 2. The fraction of sp³-hybridized carbons (Fsp3) is 0.533. The number of likely N-dealkylation sites (tertiary alicyclic amines) is 1. The summed E-state index contributed by atoms with van der Waals surface area (Å²) in [6.45, 7) is 1.82. The summed E-state index contributed by atoms with van der Waals surface area (Å²) in [5.74, 6) is -0.424. The number of aromatic nitrogens is 1. The summed E-state index contributed by atoms with van der Waals surface area (Å²) < 4.78 is 2.10. The Morgan fingerprint density at radius 2 is 2.17 bits per heavy atom. The molecule has 0 radical (unpaired) electrons. The van der Waals surface area contributed by atoms with Gasteiger partial charge < -0.3 is 20.5 Å². The lowest BCUT2D eigenvalue weighted by Crippen LogP contribution is -2.47. The highest BCUT2D eigenvalue weighted by Crippen LogP contribution is 2.17. The number of nitrogens with one attached hydrogen (secondary N) is 1. The second-order valence-electron chi connectivity index (χ2n) is 5.57. The third-order valence-electron chi connectivity index (χ3n) is 3.84. The van der Waals surface area contributed by atoms with E-state index in [0.29, 0.717) is 26.2 Å². The van der Waals surface area contributed by atoms with E-state index < -0.39 is 0 Å². The Morgan fingerprint density at radius 1 is 1.39 bits per heavy atom. The summed E-state index contributed by atoms with van der Waals surface area (Å²) in [5.41, 5.74) is 5.15. The van der Waals surface area contributed by atoms with Crippen molar-refractivity contribution < 1.29 is 9.59 Å². The lowest BCUT2D eigenvalue weighted by atomic mass is 9.97. The van der Waals surface area contributed by atoms with Gasteiger partial charge in [-0.05, 0) is 34.8 Å². The SMILES string of the molecule is NCCNC(=O)C1CCCN(C(=O)Cn2cc(Br)ccc2=O)C1. The Morgan fingerprint density at radius 3 is 2.91 bits per heavy atom. The Kier molecular flexibility index (Phi) is 6.35. The van der Waals surface area contributed by atoms with E-state index in [1.54, 1.807) is 17.2 Å². The molecule has 0 bridgehead atoms. The fourth-order valence-corrected chi connectivity index (χ4v) is 3.01. The maximum atomic E-state index is 12.4. The summed E-state index contributed by atoms with van der Waals surface area (Å²) >= 11 is 3.29. The summed E-state index contributed by atoms with van der Waals surface area (Å²) in [5, 5.41) is 2.76. The molecular formula is C15H21BrN4O3. The minimum absolute atomic E-state index is 0.0184. The van der Waals surface area contributed by atoms with Gasteiger partial charge in [-0.25, -0.2) is 0 Å². The first-order chi connectivity index (χ1) is 11.0. The van der Waals surface area contributed by atoms with Gasteiger partial charge in [0.05, 0.1) is 5.92 Å². The number of rotatable bonds is 5. The van der Waals surface area contributed by atoms with Crippen LogP contribution in [0.3, 0.4) is 0 Å². The van der Waals surface area contributed by atoms with Gasteiger partial charge >= 0.3 is 0 Å². The monoisotopic (exact) mass is 384 g/mol. The van der Waals surface area contributed by atoms with E-state index >= 15 is 0 Å². The van der Waals surface area contributed by atoms with Crippen molar-refractivity contribution in [2.24, 2.45) is 11.7 Å². The molecule has 1 aromatic rings. The van der Waals surface area contributed by atoms with Crippen LogP contribution in [0.1, 0.15) is 12.8 Å². The number of pyridine rings is 1. The van der Waals surface area contributed by atoms with E-state index in [1.807, 2.05) is 0 Å². The minimum Gasteiger partial charge on any atom is -0.355 e. The lowest BCUT2D eigenvalue weighted by molar-refractivity contribution is -0.136. The Hall–Kier alpha value is -1.67. The molecule has 3 N–H and O–H groups in total. The number of hydrogen-bond acceptors (Lipinski definition) is 4. The van der Waals surface area contributed by atoms with Crippen LogP contribution in [0.5, 0.6) is 0 Å². The zero-order valence-corrected chi connectivity index (χ0v) is 14.4. The van der Waals surface area contributed by atoms with Gasteiger partial charge in [-0.1, -0.05) is 0 Å². The number of halogens is 1. The molecule has 1 unspecified atom stereocenters. The molecular weight excluding hydrogens is 364 g/mol. The Labute approximate surface area is 143 Å². The molecule has 0 aliphatic carbocycles. The highest BCUT2D eigenvalue weighted by molar-refractivity contribution is 9.10. The molecule has 0 saturated carbocycles. The van der Waals surface area contributed by atoms with Crippen LogP contribution in [0.15, 0.2) is 27.6 Å². The number of carbonyl (C=O) groups is 2. The van der Waals surface area contributed by atoms with E-state index in [2.05, 4.69) is 21.2 Å². The van der Waals surface area contributed by atoms with Crippen LogP contribution in [0.25, 0.3) is 0 Å². The average Bonchev–Trinajstić information content (AvgIpc) is 2.56. The van der Waals surface area contributed by atoms with Crippen molar-refractivity contribution in [3.8, 4) is 0 Å². The van der Waals surface area contributed by atoms with Crippen LogP contribution in [-0.4, -0.2) is 47.5 Å². The number of amides is 2. The molecule has 2 rings (SSSR count). The molecule has 1 saturated heterocycles. The average molecular weight is 385 g/mol. The molecule has 1 atom stereocenters. The topological polar surface area (TPSA) is 97.4 Å². The first-order valence-electron chi connectivity index (χ1n) is 7.63. The van der Waals surface area contributed by atoms with Crippen LogP contribution in [0.2, 0.25) is 0 Å². The van der Waals surface area contributed by atoms with E-state index in [9.17, 15) is 14.4 Å². The van der Waals surface area contributed by atoms with E-state index in [-0.39, 0.29) is 29.8 Å². The van der Waals surface area contributed by atoms with Crippen molar-refractivity contribution in [3.05, 3.63) is 33.2 Å². The van der Waals surface area contributed by atoms with Crippen LogP contribution >= 0.6 is 15.9 Å². The summed E-state index contributed by atoms with van der Waals surface area (Å²) in [6, 6.07) is 3.05. The maximum Gasteiger partial charge on any atom is 0.251 e. The van der Waals surface area contributed by atoms with Crippen molar-refractivity contribution >= 4 is 27.7 Å². The second-order valence-corrected chi connectivity index (χ2v) is 6.49. The standard InChI is InChI=1S/C15H21BrN4O3/c16-12-3-4-13(21)20(9-12)10-14(22)19-7-1-2-11(8-19)15(23)18-6-5-17/h3-4,9,11H,1-2,5-8,10,17H2,(H,18,23). The van der Waals surface area contributed by atoms with Crippen molar-refractivity contribution in [1.29, 1.82) is 0 Å². The third kappa shape index (κ3) is 4.90. The zero-order valence-electron chi connectivity index (χ0n) is 12.8. The Bertz CT molecular complexity index is 631. The van der Waals surface area contributed by atoms with Gasteiger partial charge in [-0.3, -0.25) is 14.4 Å². The molecule has 8 heteroatoms. The summed E-state index contributed by atoms with van der Waals surface area (Å²) in [7, 11) is 0. The number of nitrogens with two attached hydrogens (primary N) is 1. The van der Waals surface area contributed by atoms with E-state index in [0.717, 1.165) is 17.3 Å². The normalized spacial score (nSPS) is 17.8. The first-order valence-corrected chi connectivity index (χ1v) is 8.42. The van der Waals surface area contributed by atoms with E-state index in [1.165, 1.54) is 10.6 Å². The number of nitrogens with zero attached hydrogens (tertiary/aromatic N) is 2. The van der Waals surface area contributed by atoms with Crippen molar-refractivity contribution in [2.45, 2.75) is 19.4 Å². The molecule has 23 heavy (non-hydrogen) atoms. The van der Waals surface area contributed by atoms with Crippen molar-refractivity contribution in [3.63, 3.8) is 0 Å². The van der Waals surface area contributed by atoms with Crippen LogP contribution in [-0.2, 0) is 16.1 Å². The zero-order chi connectivity index (χ0) is 16.8. The molecule has 2 heterocycles. The molecule has 0 aromatic carbocycles. The molecule has 1 aliphatic heterocycles. The van der Waals surface area contributed by atoms with Crippen LogP contribution in [0, 0.1) is 5.92 Å². The van der Waals surface area contributed by atoms with Gasteiger partial charge in [0.25, 0.3) is 5.56 Å². The second kappa shape index (κ2) is 8.26. The summed E-state index contributed by atoms with van der Waals surface area (Å²) in [6.07, 6.45) is 3.13. The predicted octanol–water partition coefficient (Wildman–Crippen LogP) is -0.0757. The molecule has 126 valence electrons. The smallest absolute Gasteiger partial charge is 0.251 e. The van der Waals surface area contributed by atoms with Gasteiger partial charge in [0.15, 0.2) is 0 Å². The van der Waals surface area contributed by atoms with Crippen LogP contribution in [0.4, 0.5) is 0 Å². The maximum absolute atomic E-state index is 12.4. The minimum atomic E-state index is -0.226. The third-order valence-corrected chi connectivity index (χ3v) is 4.31. The van der Waals surface area contributed by atoms with Gasteiger partial charge in [0.2, 0.25) is 11.8 Å². The number of carbonyl (C=O) groups excluding carboxylic acids is 2. The largest absolute Gasteiger partial charge is 0.355 e. The number of piperidine rings is 1.